The zero-order chi connectivity index (χ0) is 13.1. The second-order valence-electron chi connectivity index (χ2n) is 4.10. The largest absolute Gasteiger partial charge is 0.319 e. The molecule has 2 rings (SSSR count). The van der Waals surface area contributed by atoms with Gasteiger partial charge in [-0.15, -0.1) is 0 Å². The molecule has 0 spiro atoms. The van der Waals surface area contributed by atoms with Crippen LogP contribution in [0.4, 0.5) is 4.39 Å². The van der Waals surface area contributed by atoms with Gasteiger partial charge in [-0.05, 0) is 40.0 Å². The second kappa shape index (κ2) is 5.63. The molecule has 0 saturated carbocycles. The van der Waals surface area contributed by atoms with E-state index in [1.54, 1.807) is 12.3 Å². The Bertz CT molecular complexity index is 539. The van der Waals surface area contributed by atoms with Gasteiger partial charge in [-0.25, -0.2) is 4.39 Å². The SMILES string of the molecule is CCCn1nccc1C(N)c1cccc(F)c1Br. The Morgan fingerprint density at radius 3 is 2.94 bits per heavy atom. The van der Waals surface area contributed by atoms with Crippen molar-refractivity contribution in [1.29, 1.82) is 0 Å². The van der Waals surface area contributed by atoms with Crippen LogP contribution in [0.25, 0.3) is 0 Å². The molecule has 0 bridgehead atoms. The van der Waals surface area contributed by atoms with Crippen molar-refractivity contribution < 1.29 is 4.39 Å². The molecule has 96 valence electrons. The van der Waals surface area contributed by atoms with Crippen molar-refractivity contribution in [2.75, 3.05) is 0 Å². The van der Waals surface area contributed by atoms with Crippen molar-refractivity contribution in [3.8, 4) is 0 Å². The standard InChI is InChI=1S/C13H15BrFN3/c1-2-8-18-11(6-7-17-18)13(16)9-4-3-5-10(15)12(9)14/h3-7,13H,2,8,16H2,1H3. The monoisotopic (exact) mass is 311 g/mol. The third kappa shape index (κ3) is 2.47. The average Bonchev–Trinajstić information content (AvgIpc) is 2.80. The third-order valence-corrected chi connectivity index (χ3v) is 3.66. The molecular formula is C13H15BrFN3. The van der Waals surface area contributed by atoms with Gasteiger partial charge in [0, 0.05) is 12.7 Å². The third-order valence-electron chi connectivity index (χ3n) is 2.82. The highest BCUT2D eigenvalue weighted by Gasteiger charge is 2.17. The first-order valence-electron chi connectivity index (χ1n) is 5.86. The van der Waals surface area contributed by atoms with Crippen LogP contribution in [0.1, 0.15) is 30.6 Å². The van der Waals surface area contributed by atoms with Gasteiger partial charge in [0.1, 0.15) is 5.82 Å². The first-order valence-corrected chi connectivity index (χ1v) is 6.65. The van der Waals surface area contributed by atoms with Gasteiger partial charge in [0.2, 0.25) is 0 Å². The molecule has 5 heteroatoms. The van der Waals surface area contributed by atoms with Gasteiger partial charge < -0.3 is 5.73 Å². The minimum absolute atomic E-state index is 0.301. The van der Waals surface area contributed by atoms with Crippen LogP contribution in [0.2, 0.25) is 0 Å². The first kappa shape index (κ1) is 13.2. The lowest BCUT2D eigenvalue weighted by molar-refractivity contribution is 0.556. The summed E-state index contributed by atoms with van der Waals surface area (Å²) >= 11 is 3.25. The zero-order valence-corrected chi connectivity index (χ0v) is 11.7. The predicted octanol–water partition coefficient (Wildman–Crippen LogP) is 3.24. The summed E-state index contributed by atoms with van der Waals surface area (Å²) in [5.41, 5.74) is 7.83. The van der Waals surface area contributed by atoms with E-state index in [9.17, 15) is 4.39 Å². The first-order chi connectivity index (χ1) is 8.65. The van der Waals surface area contributed by atoms with Crippen LogP contribution in [0, 0.1) is 5.82 Å². The summed E-state index contributed by atoms with van der Waals surface area (Å²) in [5.74, 6) is -0.301. The highest BCUT2D eigenvalue weighted by Crippen LogP contribution is 2.28. The molecule has 3 nitrogen and oxygen atoms in total. The summed E-state index contributed by atoms with van der Waals surface area (Å²) in [6.07, 6.45) is 2.70. The number of nitrogens with two attached hydrogens (primary N) is 1. The lowest BCUT2D eigenvalue weighted by Crippen LogP contribution is -2.18. The van der Waals surface area contributed by atoms with Crippen LogP contribution in [0.3, 0.4) is 0 Å². The fourth-order valence-electron chi connectivity index (χ4n) is 1.93. The van der Waals surface area contributed by atoms with E-state index in [1.165, 1.54) is 6.07 Å². The van der Waals surface area contributed by atoms with Crippen molar-refractivity contribution >= 4 is 15.9 Å². The summed E-state index contributed by atoms with van der Waals surface area (Å²) in [6.45, 7) is 2.89. The van der Waals surface area contributed by atoms with Gasteiger partial charge >= 0.3 is 0 Å². The average molecular weight is 312 g/mol. The van der Waals surface area contributed by atoms with Crippen molar-refractivity contribution in [2.45, 2.75) is 25.9 Å². The lowest BCUT2D eigenvalue weighted by atomic mass is 10.0. The molecule has 1 heterocycles. The van der Waals surface area contributed by atoms with Crippen molar-refractivity contribution in [2.24, 2.45) is 5.73 Å². The Morgan fingerprint density at radius 1 is 1.44 bits per heavy atom. The van der Waals surface area contributed by atoms with E-state index in [-0.39, 0.29) is 11.9 Å². The molecular weight excluding hydrogens is 297 g/mol. The maximum atomic E-state index is 13.5. The maximum absolute atomic E-state index is 13.5. The molecule has 0 amide bonds. The van der Waals surface area contributed by atoms with Crippen LogP contribution in [-0.2, 0) is 6.54 Å². The number of hydrogen-bond acceptors (Lipinski definition) is 2. The number of halogens is 2. The number of hydrogen-bond donors (Lipinski definition) is 1. The molecule has 0 fully saturated rings. The lowest BCUT2D eigenvalue weighted by Gasteiger charge is -2.16. The van der Waals surface area contributed by atoms with E-state index in [2.05, 4.69) is 28.0 Å². The fraction of sp³-hybridized carbons (Fsp3) is 0.308. The highest BCUT2D eigenvalue weighted by molar-refractivity contribution is 9.10. The molecule has 0 aliphatic carbocycles. The summed E-state index contributed by atoms with van der Waals surface area (Å²) < 4.78 is 15.8. The zero-order valence-electron chi connectivity index (χ0n) is 10.1. The molecule has 1 aromatic heterocycles. The molecule has 1 atom stereocenters. The molecule has 0 aliphatic rings. The number of aromatic nitrogens is 2. The number of rotatable bonds is 4. The van der Waals surface area contributed by atoms with E-state index in [4.69, 9.17) is 5.73 Å². The number of aryl methyl sites for hydroxylation is 1. The van der Waals surface area contributed by atoms with Crippen molar-refractivity contribution in [3.63, 3.8) is 0 Å². The van der Waals surface area contributed by atoms with Gasteiger partial charge in [0.15, 0.2) is 0 Å². The van der Waals surface area contributed by atoms with Crippen LogP contribution in [0.15, 0.2) is 34.9 Å². The quantitative estimate of drug-likeness (QED) is 0.942. The van der Waals surface area contributed by atoms with Gasteiger partial charge in [0.25, 0.3) is 0 Å². The van der Waals surface area contributed by atoms with Crippen molar-refractivity contribution in [3.05, 3.63) is 52.0 Å². The highest BCUT2D eigenvalue weighted by atomic mass is 79.9. The molecule has 2 aromatic rings. The van der Waals surface area contributed by atoms with E-state index in [0.717, 1.165) is 24.2 Å². The second-order valence-corrected chi connectivity index (χ2v) is 4.89. The number of benzene rings is 1. The maximum Gasteiger partial charge on any atom is 0.137 e. The van der Waals surface area contributed by atoms with Crippen molar-refractivity contribution in [1.82, 2.24) is 9.78 Å². The summed E-state index contributed by atoms with van der Waals surface area (Å²) in [6, 6.07) is 6.38. The van der Waals surface area contributed by atoms with Crippen LogP contribution in [0.5, 0.6) is 0 Å². The predicted molar refractivity (Wildman–Crippen MR) is 72.6 cm³/mol. The molecule has 18 heavy (non-hydrogen) atoms. The minimum atomic E-state index is -0.385. The smallest absolute Gasteiger partial charge is 0.137 e. The Balaban J connectivity index is 2.38. The van der Waals surface area contributed by atoms with E-state index < -0.39 is 0 Å². The summed E-state index contributed by atoms with van der Waals surface area (Å²) in [4.78, 5) is 0. The molecule has 0 saturated heterocycles. The van der Waals surface area contributed by atoms with Gasteiger partial charge in [-0.2, -0.15) is 5.10 Å². The topological polar surface area (TPSA) is 43.8 Å². The van der Waals surface area contributed by atoms with E-state index in [1.807, 2.05) is 16.8 Å². The van der Waals surface area contributed by atoms with Gasteiger partial charge in [0.05, 0.1) is 16.2 Å². The Morgan fingerprint density at radius 2 is 2.22 bits per heavy atom. The minimum Gasteiger partial charge on any atom is -0.319 e. The van der Waals surface area contributed by atoms with Gasteiger partial charge in [-0.3, -0.25) is 4.68 Å². The molecule has 2 N–H and O–H groups in total. The Hall–Kier alpha value is -1.20. The summed E-state index contributed by atoms with van der Waals surface area (Å²) in [7, 11) is 0. The molecule has 1 unspecified atom stereocenters. The Kier molecular flexibility index (Phi) is 4.14. The molecule has 1 aromatic carbocycles. The van der Waals surface area contributed by atoms with E-state index >= 15 is 0 Å². The van der Waals surface area contributed by atoms with Crippen LogP contribution in [-0.4, -0.2) is 9.78 Å². The fourth-order valence-corrected chi connectivity index (χ4v) is 2.44. The van der Waals surface area contributed by atoms with Crippen LogP contribution < -0.4 is 5.73 Å². The van der Waals surface area contributed by atoms with E-state index in [0.29, 0.717) is 4.47 Å². The number of nitrogens with zero attached hydrogens (tertiary/aromatic N) is 2. The van der Waals surface area contributed by atoms with Crippen LogP contribution >= 0.6 is 15.9 Å². The Labute approximate surface area is 114 Å². The normalized spacial score (nSPS) is 12.7. The summed E-state index contributed by atoms with van der Waals surface area (Å²) in [5, 5.41) is 4.23. The molecule has 0 radical (unpaired) electrons. The molecule has 0 aliphatic heterocycles. The van der Waals surface area contributed by atoms with Gasteiger partial charge in [-0.1, -0.05) is 19.1 Å².